The average Bonchev–Trinajstić information content (AvgIpc) is 2.78. The first-order chi connectivity index (χ1) is 15.6. The number of hydrogen-bond donors (Lipinski definition) is 2. The Kier molecular flexibility index (Phi) is 8.09. The molecule has 1 aliphatic rings. The van der Waals surface area contributed by atoms with Gasteiger partial charge in [-0.25, -0.2) is 4.39 Å². The summed E-state index contributed by atoms with van der Waals surface area (Å²) in [6.07, 6.45) is -3.71. The fourth-order valence-corrected chi connectivity index (χ4v) is 3.16. The van der Waals surface area contributed by atoms with E-state index in [1.54, 1.807) is 0 Å². The molecule has 3 rings (SSSR count). The van der Waals surface area contributed by atoms with Crippen LogP contribution in [0.1, 0.15) is 24.1 Å². The number of halogens is 5. The molecule has 2 atom stereocenters. The predicted octanol–water partition coefficient (Wildman–Crippen LogP) is 3.25. The summed E-state index contributed by atoms with van der Waals surface area (Å²) in [5, 5.41) is 5.23. The van der Waals surface area contributed by atoms with Crippen LogP contribution in [0.5, 0.6) is 5.75 Å². The summed E-state index contributed by atoms with van der Waals surface area (Å²) >= 11 is 5.59. The van der Waals surface area contributed by atoms with Crippen molar-refractivity contribution in [2.24, 2.45) is 0 Å². The molecular formula is C21H20ClF4N3O4. The minimum Gasteiger partial charge on any atom is -0.484 e. The molecular weight excluding hydrogens is 470 g/mol. The van der Waals surface area contributed by atoms with Gasteiger partial charge < -0.3 is 20.1 Å². The van der Waals surface area contributed by atoms with Gasteiger partial charge in [-0.1, -0.05) is 11.6 Å². The average molecular weight is 490 g/mol. The van der Waals surface area contributed by atoms with Crippen LogP contribution in [0.3, 0.4) is 0 Å². The van der Waals surface area contributed by atoms with E-state index in [9.17, 15) is 27.2 Å². The lowest BCUT2D eigenvalue weighted by molar-refractivity contribution is -0.138. The summed E-state index contributed by atoms with van der Waals surface area (Å²) in [6.45, 7) is -0.279. The maximum atomic E-state index is 13.4. The number of benzene rings is 1. The second-order valence-corrected chi connectivity index (χ2v) is 7.69. The SMILES string of the molecule is O=C(COc1ccc(Cl)c(F)c1)NC1CCC(C(=O)NCc2ccc(C(F)(F)F)cn2)OC1. The molecule has 7 nitrogen and oxygen atoms in total. The molecule has 12 heteroatoms. The molecule has 2 amide bonds. The van der Waals surface area contributed by atoms with E-state index < -0.39 is 35.5 Å². The molecule has 1 aromatic carbocycles. The number of pyridine rings is 1. The molecule has 1 saturated heterocycles. The van der Waals surface area contributed by atoms with Gasteiger partial charge in [-0.3, -0.25) is 14.6 Å². The molecule has 1 fully saturated rings. The van der Waals surface area contributed by atoms with E-state index in [1.165, 1.54) is 18.2 Å². The number of alkyl halides is 3. The number of ether oxygens (including phenoxy) is 2. The molecule has 178 valence electrons. The second-order valence-electron chi connectivity index (χ2n) is 7.28. The monoisotopic (exact) mass is 489 g/mol. The molecule has 2 N–H and O–H groups in total. The number of carbonyl (C=O) groups is 2. The quantitative estimate of drug-likeness (QED) is 0.583. The zero-order valence-corrected chi connectivity index (χ0v) is 17.9. The van der Waals surface area contributed by atoms with Gasteiger partial charge in [0.2, 0.25) is 5.91 Å². The predicted molar refractivity (Wildman–Crippen MR) is 109 cm³/mol. The molecule has 0 bridgehead atoms. The molecule has 0 saturated carbocycles. The Bertz CT molecular complexity index is 980. The Hall–Kier alpha value is -2.92. The lowest BCUT2D eigenvalue weighted by Crippen LogP contribution is -2.48. The maximum Gasteiger partial charge on any atom is 0.417 e. The van der Waals surface area contributed by atoms with Gasteiger partial charge in [0, 0.05) is 12.3 Å². The fourth-order valence-electron chi connectivity index (χ4n) is 3.05. The van der Waals surface area contributed by atoms with Crippen LogP contribution in [0, 0.1) is 5.82 Å². The molecule has 0 spiro atoms. The van der Waals surface area contributed by atoms with Gasteiger partial charge in [0.15, 0.2) is 6.61 Å². The number of carbonyl (C=O) groups excluding carboxylic acids is 2. The Labute approximate surface area is 191 Å². The van der Waals surface area contributed by atoms with Gasteiger partial charge in [0.05, 0.1) is 35.5 Å². The highest BCUT2D eigenvalue weighted by atomic mass is 35.5. The molecule has 0 radical (unpaired) electrons. The summed E-state index contributed by atoms with van der Waals surface area (Å²) in [6, 6.07) is 5.58. The van der Waals surface area contributed by atoms with Crippen molar-refractivity contribution in [2.75, 3.05) is 13.2 Å². The molecule has 33 heavy (non-hydrogen) atoms. The second kappa shape index (κ2) is 10.8. The third-order valence-corrected chi connectivity index (χ3v) is 5.10. The number of rotatable bonds is 7. The Morgan fingerprint density at radius 2 is 2.00 bits per heavy atom. The molecule has 0 aliphatic carbocycles. The van der Waals surface area contributed by atoms with Crippen LogP contribution in [0.25, 0.3) is 0 Å². The van der Waals surface area contributed by atoms with Crippen molar-refractivity contribution in [3.63, 3.8) is 0 Å². The minimum absolute atomic E-state index is 0.0420. The molecule has 2 heterocycles. The number of hydrogen-bond acceptors (Lipinski definition) is 5. The third-order valence-electron chi connectivity index (χ3n) is 4.79. The van der Waals surface area contributed by atoms with E-state index in [0.29, 0.717) is 19.0 Å². The minimum atomic E-state index is -4.48. The van der Waals surface area contributed by atoms with Crippen molar-refractivity contribution >= 4 is 23.4 Å². The van der Waals surface area contributed by atoms with Crippen LogP contribution in [0.2, 0.25) is 5.02 Å². The van der Waals surface area contributed by atoms with Crippen molar-refractivity contribution in [1.82, 2.24) is 15.6 Å². The van der Waals surface area contributed by atoms with E-state index >= 15 is 0 Å². The fraction of sp³-hybridized carbons (Fsp3) is 0.381. The first-order valence-corrected chi connectivity index (χ1v) is 10.3. The van der Waals surface area contributed by atoms with Crippen LogP contribution in [-0.4, -0.2) is 42.2 Å². The van der Waals surface area contributed by atoms with Gasteiger partial charge in [-0.05, 0) is 37.1 Å². The van der Waals surface area contributed by atoms with Gasteiger partial charge in [-0.15, -0.1) is 0 Å². The van der Waals surface area contributed by atoms with Crippen molar-refractivity contribution in [3.8, 4) is 5.75 Å². The molecule has 1 aliphatic heterocycles. The number of aromatic nitrogens is 1. The zero-order chi connectivity index (χ0) is 24.0. The van der Waals surface area contributed by atoms with E-state index in [4.69, 9.17) is 21.1 Å². The van der Waals surface area contributed by atoms with E-state index in [-0.39, 0.29) is 42.3 Å². The van der Waals surface area contributed by atoms with Crippen LogP contribution < -0.4 is 15.4 Å². The summed E-state index contributed by atoms with van der Waals surface area (Å²) in [4.78, 5) is 28.0. The lowest BCUT2D eigenvalue weighted by atomic mass is 10.0. The van der Waals surface area contributed by atoms with Crippen molar-refractivity contribution in [3.05, 3.63) is 58.6 Å². The molecule has 2 unspecified atom stereocenters. The Morgan fingerprint density at radius 1 is 1.21 bits per heavy atom. The smallest absolute Gasteiger partial charge is 0.417 e. The van der Waals surface area contributed by atoms with Gasteiger partial charge in [0.25, 0.3) is 5.91 Å². The summed E-state index contributed by atoms with van der Waals surface area (Å²) in [5.41, 5.74) is -0.593. The van der Waals surface area contributed by atoms with Crippen LogP contribution in [0.4, 0.5) is 17.6 Å². The number of nitrogens with zero attached hydrogens (tertiary/aromatic N) is 1. The van der Waals surface area contributed by atoms with Crippen molar-refractivity contribution < 1.29 is 36.6 Å². The number of amides is 2. The number of nitrogens with one attached hydrogen (secondary N) is 2. The van der Waals surface area contributed by atoms with Crippen LogP contribution in [-0.2, 0) is 27.0 Å². The van der Waals surface area contributed by atoms with E-state index in [1.807, 2.05) is 0 Å². The van der Waals surface area contributed by atoms with Crippen molar-refractivity contribution in [1.29, 1.82) is 0 Å². The zero-order valence-electron chi connectivity index (χ0n) is 17.1. The van der Waals surface area contributed by atoms with E-state index in [0.717, 1.165) is 12.1 Å². The lowest BCUT2D eigenvalue weighted by Gasteiger charge is -2.28. The van der Waals surface area contributed by atoms with Gasteiger partial charge >= 0.3 is 6.18 Å². The third kappa shape index (κ3) is 7.29. The molecule has 2 aromatic rings. The normalized spacial score (nSPS) is 18.5. The first-order valence-electron chi connectivity index (χ1n) is 9.90. The highest BCUT2D eigenvalue weighted by Crippen LogP contribution is 2.28. The van der Waals surface area contributed by atoms with E-state index in [2.05, 4.69) is 15.6 Å². The Balaban J connectivity index is 1.36. The first kappa shape index (κ1) is 24.7. The maximum absolute atomic E-state index is 13.4. The standard InChI is InChI=1S/C21H20ClF4N3O4/c22-16-5-4-15(7-17(16)23)32-11-19(30)29-14-3-6-18(33-10-14)20(31)28-9-13-2-1-12(8-27-13)21(24,25)26/h1-2,4-5,7-8,14,18H,3,6,9-11H2,(H,28,31)(H,29,30). The van der Waals surface area contributed by atoms with Gasteiger partial charge in [0.1, 0.15) is 17.7 Å². The summed E-state index contributed by atoms with van der Waals surface area (Å²) in [7, 11) is 0. The highest BCUT2D eigenvalue weighted by Gasteiger charge is 2.31. The highest BCUT2D eigenvalue weighted by molar-refractivity contribution is 6.30. The molecule has 1 aromatic heterocycles. The van der Waals surface area contributed by atoms with Crippen LogP contribution >= 0.6 is 11.6 Å². The largest absolute Gasteiger partial charge is 0.484 e. The van der Waals surface area contributed by atoms with Crippen LogP contribution in [0.15, 0.2) is 36.5 Å². The summed E-state index contributed by atoms with van der Waals surface area (Å²) in [5.74, 6) is -1.36. The Morgan fingerprint density at radius 3 is 2.61 bits per heavy atom. The van der Waals surface area contributed by atoms with Crippen molar-refractivity contribution in [2.45, 2.75) is 37.7 Å². The van der Waals surface area contributed by atoms with Gasteiger partial charge in [-0.2, -0.15) is 13.2 Å². The summed E-state index contributed by atoms with van der Waals surface area (Å²) < 4.78 is 61.8. The topological polar surface area (TPSA) is 89.5 Å².